The number of aromatic nitrogens is 3. The third kappa shape index (κ3) is 4.08. The number of nitrogens with zero attached hydrogens (tertiary/aromatic N) is 4. The van der Waals surface area contributed by atoms with Gasteiger partial charge in [-0.2, -0.15) is 0 Å². The Morgan fingerprint density at radius 2 is 1.73 bits per heavy atom. The molecule has 8 heteroatoms. The number of benzene rings is 1. The number of nitrogens with one attached hydrogen (secondary N) is 1. The lowest BCUT2D eigenvalue weighted by Crippen LogP contribution is -2.30. The van der Waals surface area contributed by atoms with Crippen molar-refractivity contribution >= 4 is 23.3 Å². The van der Waals surface area contributed by atoms with E-state index in [1.54, 1.807) is 24.5 Å². The van der Waals surface area contributed by atoms with Gasteiger partial charge in [0.15, 0.2) is 5.11 Å². The zero-order valence-electron chi connectivity index (χ0n) is 17.6. The molecule has 4 aromatic rings. The van der Waals surface area contributed by atoms with Gasteiger partial charge in [0.25, 0.3) is 0 Å². The van der Waals surface area contributed by atoms with E-state index in [0.717, 1.165) is 22.8 Å². The molecule has 2 atom stereocenters. The van der Waals surface area contributed by atoms with Gasteiger partial charge in [0.2, 0.25) is 0 Å². The van der Waals surface area contributed by atoms with E-state index in [9.17, 15) is 9.90 Å². The summed E-state index contributed by atoms with van der Waals surface area (Å²) in [7, 11) is 0. The van der Waals surface area contributed by atoms with Crippen LogP contribution in [-0.4, -0.2) is 35.6 Å². The Hall–Kier alpha value is -4.04. The predicted molar refractivity (Wildman–Crippen MR) is 128 cm³/mol. The van der Waals surface area contributed by atoms with Crippen LogP contribution < -0.4 is 5.32 Å². The maximum atomic E-state index is 11.3. The molecule has 33 heavy (non-hydrogen) atoms. The van der Waals surface area contributed by atoms with Gasteiger partial charge in [-0.1, -0.05) is 12.1 Å². The lowest BCUT2D eigenvalue weighted by atomic mass is 10.0. The monoisotopic (exact) mass is 455 g/mol. The van der Waals surface area contributed by atoms with Crippen LogP contribution in [0.1, 0.15) is 39.5 Å². The predicted octanol–water partition coefficient (Wildman–Crippen LogP) is 4.14. The second-order valence-corrected chi connectivity index (χ2v) is 8.12. The van der Waals surface area contributed by atoms with Crippen LogP contribution in [0, 0.1) is 0 Å². The highest BCUT2D eigenvalue weighted by Gasteiger charge is 2.41. The third-order valence-electron chi connectivity index (χ3n) is 5.73. The molecule has 7 nitrogen and oxygen atoms in total. The molecule has 0 amide bonds. The first kappa shape index (κ1) is 20.8. The fraction of sp³-hybridized carbons (Fsp3) is 0.120. The standard InChI is InChI=1S/C25H21N5O2S/c31-24(32)17-9-11-19(12-10-17)29-15-5-8-21(29)23-22(20-7-2-4-14-27-20)28-25(33)30(23)16-18-6-1-3-13-26-18/h1-15,22-23H,16H2,(H,28,33)(H,31,32)/t22-,23-/m0/s1. The molecule has 0 spiro atoms. The third-order valence-corrected chi connectivity index (χ3v) is 6.08. The number of pyridine rings is 2. The van der Waals surface area contributed by atoms with E-state index in [4.69, 9.17) is 12.2 Å². The summed E-state index contributed by atoms with van der Waals surface area (Å²) in [6.07, 6.45) is 5.53. The van der Waals surface area contributed by atoms with E-state index in [1.807, 2.05) is 60.8 Å². The molecule has 4 heterocycles. The fourth-order valence-corrected chi connectivity index (χ4v) is 4.50. The second kappa shape index (κ2) is 8.84. The van der Waals surface area contributed by atoms with Crippen LogP contribution in [0.2, 0.25) is 0 Å². The van der Waals surface area contributed by atoms with Crippen molar-refractivity contribution in [3.8, 4) is 5.69 Å². The molecule has 0 radical (unpaired) electrons. The van der Waals surface area contributed by atoms with E-state index >= 15 is 0 Å². The van der Waals surface area contributed by atoms with E-state index < -0.39 is 5.97 Å². The number of rotatable bonds is 6. The van der Waals surface area contributed by atoms with Crippen molar-refractivity contribution in [3.63, 3.8) is 0 Å². The van der Waals surface area contributed by atoms with Crippen LogP contribution >= 0.6 is 12.2 Å². The average molecular weight is 456 g/mol. The van der Waals surface area contributed by atoms with Gasteiger partial charge in [-0.05, 0) is 72.9 Å². The van der Waals surface area contributed by atoms with Crippen LogP contribution in [0.4, 0.5) is 0 Å². The van der Waals surface area contributed by atoms with Crippen LogP contribution in [0.3, 0.4) is 0 Å². The van der Waals surface area contributed by atoms with Gasteiger partial charge >= 0.3 is 5.97 Å². The van der Waals surface area contributed by atoms with Gasteiger partial charge in [-0.25, -0.2) is 4.79 Å². The normalized spacial score (nSPS) is 17.7. The molecule has 2 N–H and O–H groups in total. The molecule has 1 aromatic carbocycles. The summed E-state index contributed by atoms with van der Waals surface area (Å²) in [4.78, 5) is 22.5. The average Bonchev–Trinajstić information content (AvgIpc) is 3.45. The maximum Gasteiger partial charge on any atom is 0.335 e. The van der Waals surface area contributed by atoms with Crippen molar-refractivity contribution in [2.45, 2.75) is 18.6 Å². The van der Waals surface area contributed by atoms with E-state index in [2.05, 4.69) is 30.8 Å². The topological polar surface area (TPSA) is 83.3 Å². The largest absolute Gasteiger partial charge is 0.478 e. The van der Waals surface area contributed by atoms with Gasteiger partial charge in [0.05, 0.1) is 35.6 Å². The molecule has 0 bridgehead atoms. The molecule has 0 unspecified atom stereocenters. The Labute approximate surface area is 196 Å². The summed E-state index contributed by atoms with van der Waals surface area (Å²) in [6, 6.07) is 22.3. The van der Waals surface area contributed by atoms with Gasteiger partial charge in [-0.3, -0.25) is 9.97 Å². The Bertz CT molecular complexity index is 1280. The molecule has 3 aromatic heterocycles. The molecule has 1 fully saturated rings. The number of hydrogen-bond donors (Lipinski definition) is 2. The van der Waals surface area contributed by atoms with Crippen LogP contribution in [0.25, 0.3) is 5.69 Å². The second-order valence-electron chi connectivity index (χ2n) is 7.73. The summed E-state index contributed by atoms with van der Waals surface area (Å²) in [5, 5.41) is 13.3. The van der Waals surface area contributed by atoms with Crippen molar-refractivity contribution in [1.82, 2.24) is 24.8 Å². The number of carboxylic acid groups (broad SMARTS) is 1. The van der Waals surface area contributed by atoms with Crippen molar-refractivity contribution in [3.05, 3.63) is 114 Å². The smallest absolute Gasteiger partial charge is 0.335 e. The number of hydrogen-bond acceptors (Lipinski definition) is 4. The summed E-state index contributed by atoms with van der Waals surface area (Å²) >= 11 is 5.76. The van der Waals surface area contributed by atoms with Gasteiger partial charge in [0.1, 0.15) is 0 Å². The van der Waals surface area contributed by atoms with Gasteiger partial charge in [0, 0.05) is 30.0 Å². The first-order chi connectivity index (χ1) is 16.1. The molecule has 0 saturated carbocycles. The molecule has 1 saturated heterocycles. The van der Waals surface area contributed by atoms with Crippen molar-refractivity contribution in [2.75, 3.05) is 0 Å². The minimum Gasteiger partial charge on any atom is -0.478 e. The van der Waals surface area contributed by atoms with Crippen LogP contribution in [0.5, 0.6) is 0 Å². The zero-order valence-corrected chi connectivity index (χ0v) is 18.4. The summed E-state index contributed by atoms with van der Waals surface area (Å²) in [5.41, 5.74) is 3.94. The van der Waals surface area contributed by atoms with Crippen molar-refractivity contribution < 1.29 is 9.90 Å². The quantitative estimate of drug-likeness (QED) is 0.423. The summed E-state index contributed by atoms with van der Waals surface area (Å²) < 4.78 is 2.06. The zero-order chi connectivity index (χ0) is 22.8. The number of carbonyl (C=O) groups is 1. The number of carboxylic acids is 1. The summed E-state index contributed by atoms with van der Waals surface area (Å²) in [5.74, 6) is -0.948. The summed E-state index contributed by atoms with van der Waals surface area (Å²) in [6.45, 7) is 0.545. The molecular formula is C25H21N5O2S. The van der Waals surface area contributed by atoms with E-state index in [0.29, 0.717) is 11.7 Å². The van der Waals surface area contributed by atoms with Gasteiger partial charge < -0.3 is 19.9 Å². The van der Waals surface area contributed by atoms with Crippen molar-refractivity contribution in [1.29, 1.82) is 0 Å². The highest BCUT2D eigenvalue weighted by atomic mass is 32.1. The minimum absolute atomic E-state index is 0.149. The molecule has 164 valence electrons. The molecule has 5 rings (SSSR count). The molecule has 1 aliphatic rings. The maximum absolute atomic E-state index is 11.3. The van der Waals surface area contributed by atoms with E-state index in [-0.39, 0.29) is 17.6 Å². The lowest BCUT2D eigenvalue weighted by Gasteiger charge is -2.28. The first-order valence-electron chi connectivity index (χ1n) is 10.5. The lowest BCUT2D eigenvalue weighted by molar-refractivity contribution is 0.0697. The number of aromatic carboxylic acids is 1. The van der Waals surface area contributed by atoms with Crippen LogP contribution in [-0.2, 0) is 6.54 Å². The highest BCUT2D eigenvalue weighted by Crippen LogP contribution is 2.40. The Morgan fingerprint density at radius 3 is 2.39 bits per heavy atom. The minimum atomic E-state index is -0.948. The van der Waals surface area contributed by atoms with Gasteiger partial charge in [-0.15, -0.1) is 0 Å². The highest BCUT2D eigenvalue weighted by molar-refractivity contribution is 7.80. The number of thiocarbonyl (C=S) groups is 1. The SMILES string of the molecule is O=C(O)c1ccc(-n2cccc2[C@H]2[C@H](c3ccccn3)NC(=S)N2Cc2ccccn2)cc1. The Kier molecular flexibility index (Phi) is 5.58. The van der Waals surface area contributed by atoms with E-state index in [1.165, 1.54) is 0 Å². The van der Waals surface area contributed by atoms with Crippen LogP contribution in [0.15, 0.2) is 91.4 Å². The first-order valence-corrected chi connectivity index (χ1v) is 10.9. The Balaban J connectivity index is 1.58. The van der Waals surface area contributed by atoms with Crippen molar-refractivity contribution in [2.24, 2.45) is 0 Å². The fourth-order valence-electron chi connectivity index (χ4n) is 4.20. The Morgan fingerprint density at radius 1 is 0.970 bits per heavy atom. The molecule has 0 aliphatic carbocycles. The molecular weight excluding hydrogens is 434 g/mol. The molecule has 1 aliphatic heterocycles.